The van der Waals surface area contributed by atoms with Gasteiger partial charge < -0.3 is 9.80 Å². The first kappa shape index (κ1) is 24.0. The van der Waals surface area contributed by atoms with Crippen molar-refractivity contribution < 1.29 is 4.58 Å². The molecule has 0 saturated heterocycles. The lowest BCUT2D eigenvalue weighted by Gasteiger charge is -2.22. The van der Waals surface area contributed by atoms with E-state index in [9.17, 15) is 0 Å². The molecule has 0 aromatic heterocycles. The Morgan fingerprint density at radius 3 is 1.63 bits per heavy atom. The molecule has 0 unspecified atom stereocenters. The lowest BCUT2D eigenvalue weighted by atomic mass is 9.90. The minimum absolute atomic E-state index is 0.131. The quantitative estimate of drug-likeness (QED) is 0.484. The fraction of sp³-hybridized carbons (Fsp3) is 0.519. The van der Waals surface area contributed by atoms with Crippen LogP contribution in [0.3, 0.4) is 0 Å². The number of rotatable bonds is 1. The SMILES string of the molecule is CC=C1CCC(=CC=C2N(C)C=CC2(C)C)C1=[N+](C)C.CC=C1N(C)C=CC1(C)C. The van der Waals surface area contributed by atoms with Crippen molar-refractivity contribution in [2.45, 2.75) is 54.4 Å². The summed E-state index contributed by atoms with van der Waals surface area (Å²) >= 11 is 0. The third-order valence-corrected chi connectivity index (χ3v) is 6.29. The molecule has 2 heterocycles. The molecular formula is C27H42N3+. The Morgan fingerprint density at radius 2 is 1.27 bits per heavy atom. The fourth-order valence-corrected chi connectivity index (χ4v) is 4.65. The van der Waals surface area contributed by atoms with E-state index in [-0.39, 0.29) is 10.8 Å². The van der Waals surface area contributed by atoms with Gasteiger partial charge in [0.25, 0.3) is 0 Å². The summed E-state index contributed by atoms with van der Waals surface area (Å²) in [5, 5.41) is 0. The van der Waals surface area contributed by atoms with E-state index in [1.807, 2.05) is 0 Å². The smallest absolute Gasteiger partial charge is 0.205 e. The highest BCUT2D eigenvalue weighted by molar-refractivity contribution is 6.11. The summed E-state index contributed by atoms with van der Waals surface area (Å²) in [5.74, 6) is 0. The van der Waals surface area contributed by atoms with Crippen molar-refractivity contribution in [2.24, 2.45) is 10.8 Å². The lowest BCUT2D eigenvalue weighted by molar-refractivity contribution is -0.463. The van der Waals surface area contributed by atoms with Gasteiger partial charge in [0.1, 0.15) is 14.1 Å². The minimum Gasteiger partial charge on any atom is -0.354 e. The first-order chi connectivity index (χ1) is 13.9. The lowest BCUT2D eigenvalue weighted by Crippen LogP contribution is -2.17. The molecule has 0 aromatic rings. The van der Waals surface area contributed by atoms with Crippen LogP contribution in [0.2, 0.25) is 0 Å². The second-order valence-electron chi connectivity index (χ2n) is 9.77. The van der Waals surface area contributed by atoms with Gasteiger partial charge in [0, 0.05) is 59.9 Å². The van der Waals surface area contributed by atoms with Gasteiger partial charge in [-0.3, -0.25) is 0 Å². The molecule has 1 aliphatic carbocycles. The number of nitrogens with zero attached hydrogens (tertiary/aromatic N) is 3. The van der Waals surface area contributed by atoms with Crippen molar-refractivity contribution in [2.75, 3.05) is 28.2 Å². The van der Waals surface area contributed by atoms with Crippen LogP contribution in [0.1, 0.15) is 54.4 Å². The van der Waals surface area contributed by atoms with E-state index < -0.39 is 0 Å². The Hall–Kier alpha value is -2.29. The molecule has 0 aromatic carbocycles. The molecule has 3 nitrogen and oxygen atoms in total. The number of hydrogen-bond donors (Lipinski definition) is 0. The highest BCUT2D eigenvalue weighted by Crippen LogP contribution is 2.36. The van der Waals surface area contributed by atoms with Gasteiger partial charge in [-0.05, 0) is 32.8 Å². The molecule has 3 heteroatoms. The third kappa shape index (κ3) is 5.06. The van der Waals surface area contributed by atoms with Gasteiger partial charge in [-0.2, -0.15) is 0 Å². The van der Waals surface area contributed by atoms with E-state index >= 15 is 0 Å². The van der Waals surface area contributed by atoms with Crippen molar-refractivity contribution in [3.05, 3.63) is 71.4 Å². The molecule has 30 heavy (non-hydrogen) atoms. The first-order valence-corrected chi connectivity index (χ1v) is 11.1. The Morgan fingerprint density at radius 1 is 0.767 bits per heavy atom. The highest BCUT2D eigenvalue weighted by atomic mass is 15.1. The summed E-state index contributed by atoms with van der Waals surface area (Å²) in [4.78, 5) is 4.39. The Bertz CT molecular complexity index is 866. The van der Waals surface area contributed by atoms with Crippen LogP contribution in [0.4, 0.5) is 0 Å². The Kier molecular flexibility index (Phi) is 7.39. The Labute approximate surface area is 185 Å². The second-order valence-corrected chi connectivity index (χ2v) is 9.77. The highest BCUT2D eigenvalue weighted by Gasteiger charge is 2.29. The van der Waals surface area contributed by atoms with E-state index in [0.29, 0.717) is 0 Å². The molecule has 1 saturated carbocycles. The summed E-state index contributed by atoms with van der Waals surface area (Å²) in [5.41, 5.74) is 7.43. The van der Waals surface area contributed by atoms with Gasteiger partial charge in [0.15, 0.2) is 0 Å². The predicted octanol–water partition coefficient (Wildman–Crippen LogP) is 6.11. The standard InChI is InChI=1S/C18H27N2.C9H15N/c1-7-14-8-9-15(17(14)19(4)5)10-11-16-18(2,3)12-13-20(16)6;1-5-8-9(2,3)6-7-10(8)4/h7,10-13H,8-9H2,1-6H3;5-7H,1-4H3/q+1;. The van der Waals surface area contributed by atoms with Crippen LogP contribution >= 0.6 is 0 Å². The van der Waals surface area contributed by atoms with Crippen LogP contribution in [0.5, 0.6) is 0 Å². The van der Waals surface area contributed by atoms with Gasteiger partial charge in [-0.1, -0.05) is 58.1 Å². The average Bonchev–Trinajstić information content (AvgIpc) is 3.28. The molecule has 3 aliphatic rings. The zero-order valence-corrected chi connectivity index (χ0v) is 20.9. The fourth-order valence-electron chi connectivity index (χ4n) is 4.65. The molecule has 0 amide bonds. The summed E-state index contributed by atoms with van der Waals surface area (Å²) in [6.07, 6.45) is 20.1. The van der Waals surface area contributed by atoms with E-state index in [4.69, 9.17) is 0 Å². The molecule has 2 aliphatic heterocycles. The van der Waals surface area contributed by atoms with Gasteiger partial charge in [-0.15, -0.1) is 0 Å². The maximum atomic E-state index is 2.31. The van der Waals surface area contributed by atoms with Crippen LogP contribution in [-0.2, 0) is 0 Å². The third-order valence-electron chi connectivity index (χ3n) is 6.29. The second kappa shape index (κ2) is 9.24. The van der Waals surface area contributed by atoms with Crippen LogP contribution < -0.4 is 0 Å². The van der Waals surface area contributed by atoms with Crippen molar-refractivity contribution >= 4 is 5.71 Å². The molecule has 0 spiro atoms. The summed E-state index contributed by atoms with van der Waals surface area (Å²) in [6.45, 7) is 13.2. The molecule has 0 atom stereocenters. The van der Waals surface area contributed by atoms with Crippen molar-refractivity contribution in [3.63, 3.8) is 0 Å². The van der Waals surface area contributed by atoms with Crippen LogP contribution in [0.15, 0.2) is 71.4 Å². The molecular weight excluding hydrogens is 366 g/mol. The Balaban J connectivity index is 0.000000269. The summed E-state index contributed by atoms with van der Waals surface area (Å²) < 4.78 is 2.24. The molecule has 3 rings (SSSR count). The van der Waals surface area contributed by atoms with Gasteiger partial charge in [0.05, 0.1) is 0 Å². The van der Waals surface area contributed by atoms with Crippen molar-refractivity contribution in [3.8, 4) is 0 Å². The zero-order valence-electron chi connectivity index (χ0n) is 20.9. The summed E-state index contributed by atoms with van der Waals surface area (Å²) in [6, 6.07) is 0. The maximum absolute atomic E-state index is 2.31. The van der Waals surface area contributed by atoms with Gasteiger partial charge in [0.2, 0.25) is 5.71 Å². The molecule has 0 N–H and O–H groups in total. The number of allylic oxidation sites excluding steroid dienone is 8. The number of hydrogen-bond acceptors (Lipinski definition) is 2. The topological polar surface area (TPSA) is 9.49 Å². The molecule has 0 bridgehead atoms. The largest absolute Gasteiger partial charge is 0.354 e. The van der Waals surface area contributed by atoms with E-state index in [0.717, 1.165) is 12.8 Å². The summed E-state index contributed by atoms with van der Waals surface area (Å²) in [7, 11) is 8.48. The van der Waals surface area contributed by atoms with Crippen molar-refractivity contribution in [1.29, 1.82) is 0 Å². The van der Waals surface area contributed by atoms with Crippen molar-refractivity contribution in [1.82, 2.24) is 9.80 Å². The minimum atomic E-state index is 0.131. The molecule has 164 valence electrons. The van der Waals surface area contributed by atoms with E-state index in [1.54, 1.807) is 0 Å². The zero-order chi connectivity index (χ0) is 22.7. The van der Waals surface area contributed by atoms with Crippen LogP contribution in [0, 0.1) is 10.8 Å². The molecule has 0 radical (unpaired) electrons. The van der Waals surface area contributed by atoms with Gasteiger partial charge in [-0.25, -0.2) is 4.58 Å². The molecule has 1 fully saturated rings. The average molecular weight is 409 g/mol. The predicted molar refractivity (Wildman–Crippen MR) is 131 cm³/mol. The van der Waals surface area contributed by atoms with Gasteiger partial charge >= 0.3 is 0 Å². The first-order valence-electron chi connectivity index (χ1n) is 11.1. The van der Waals surface area contributed by atoms with Crippen LogP contribution in [0.25, 0.3) is 0 Å². The normalized spacial score (nSPS) is 27.1. The van der Waals surface area contributed by atoms with Crippen LogP contribution in [-0.4, -0.2) is 48.3 Å². The van der Waals surface area contributed by atoms with E-state index in [1.165, 1.54) is 28.3 Å². The monoisotopic (exact) mass is 408 g/mol. The maximum Gasteiger partial charge on any atom is 0.205 e. The van der Waals surface area contributed by atoms with E-state index in [2.05, 4.69) is 133 Å².